The van der Waals surface area contributed by atoms with Gasteiger partial charge in [0.15, 0.2) is 0 Å². The van der Waals surface area contributed by atoms with Gasteiger partial charge in [0.2, 0.25) is 0 Å². The summed E-state index contributed by atoms with van der Waals surface area (Å²) in [7, 11) is 0. The lowest BCUT2D eigenvalue weighted by Gasteiger charge is -2.28. The van der Waals surface area contributed by atoms with E-state index in [2.05, 4.69) is 10.6 Å². The number of anilines is 1. The third-order valence-electron chi connectivity index (χ3n) is 4.05. The second-order valence-corrected chi connectivity index (χ2v) is 5.62. The van der Waals surface area contributed by atoms with Crippen LogP contribution in [0.3, 0.4) is 0 Å². The Morgan fingerprint density at radius 1 is 1.17 bits per heavy atom. The Kier molecular flexibility index (Phi) is 4.51. The summed E-state index contributed by atoms with van der Waals surface area (Å²) in [5, 5.41) is 5.61. The molecule has 24 heavy (non-hydrogen) atoms. The third kappa shape index (κ3) is 2.85. The summed E-state index contributed by atoms with van der Waals surface area (Å²) in [6.45, 7) is 3.95. The Hall–Kier alpha value is -2.82. The summed E-state index contributed by atoms with van der Waals surface area (Å²) in [6.07, 6.45) is 5.32. The first-order valence-electron chi connectivity index (χ1n) is 8.14. The first-order valence-corrected chi connectivity index (χ1v) is 8.14. The van der Waals surface area contributed by atoms with Gasteiger partial charge < -0.3 is 15.1 Å². The lowest BCUT2D eigenvalue weighted by Crippen LogP contribution is -2.41. The van der Waals surface area contributed by atoms with Crippen molar-refractivity contribution in [3.63, 3.8) is 0 Å². The molecule has 0 saturated carbocycles. The number of aryl methyl sites for hydroxylation is 1. The minimum Gasteiger partial charge on any atom is -0.427 e. The van der Waals surface area contributed by atoms with Crippen LogP contribution in [0.5, 0.6) is 0 Å². The van der Waals surface area contributed by atoms with Crippen molar-refractivity contribution in [3.8, 4) is 0 Å². The SMILES string of the molecule is CC/C=C\c1c(CC)oc(=O)c2c1NC(=O)NC2c1ccccc1. The van der Waals surface area contributed by atoms with Crippen LogP contribution in [0.1, 0.15) is 48.8 Å². The van der Waals surface area contributed by atoms with Crippen LogP contribution in [0.2, 0.25) is 0 Å². The molecule has 2 heterocycles. The van der Waals surface area contributed by atoms with Gasteiger partial charge in [-0.15, -0.1) is 0 Å². The van der Waals surface area contributed by atoms with Crippen molar-refractivity contribution in [3.05, 3.63) is 69.3 Å². The predicted octanol–water partition coefficient (Wildman–Crippen LogP) is 3.85. The molecule has 0 bridgehead atoms. The average molecular weight is 324 g/mol. The van der Waals surface area contributed by atoms with E-state index in [0.29, 0.717) is 23.4 Å². The van der Waals surface area contributed by atoms with Crippen molar-refractivity contribution in [1.29, 1.82) is 0 Å². The van der Waals surface area contributed by atoms with E-state index in [1.807, 2.05) is 56.3 Å². The van der Waals surface area contributed by atoms with E-state index in [0.717, 1.165) is 17.5 Å². The van der Waals surface area contributed by atoms with Crippen LogP contribution in [0, 0.1) is 0 Å². The molecule has 2 N–H and O–H groups in total. The molecule has 1 aromatic heterocycles. The van der Waals surface area contributed by atoms with Gasteiger partial charge in [-0.1, -0.05) is 56.3 Å². The number of carbonyl (C=O) groups excluding carboxylic acids is 1. The van der Waals surface area contributed by atoms with Crippen LogP contribution in [0.4, 0.5) is 10.5 Å². The molecule has 0 fully saturated rings. The standard InChI is InChI=1S/C19H20N2O3/c1-3-5-11-13-14(4-2)24-18(22)15-16(12-9-7-6-8-10-12)20-19(23)21-17(13)15/h5-11,16H,3-4H2,1-2H3,(H2,20,21,23)/b11-5-. The minimum absolute atomic E-state index is 0.324. The highest BCUT2D eigenvalue weighted by molar-refractivity contribution is 5.96. The zero-order valence-corrected chi connectivity index (χ0v) is 13.8. The van der Waals surface area contributed by atoms with Gasteiger partial charge in [0.25, 0.3) is 0 Å². The Morgan fingerprint density at radius 2 is 1.92 bits per heavy atom. The van der Waals surface area contributed by atoms with Crippen molar-refractivity contribution < 1.29 is 9.21 Å². The maximum Gasteiger partial charge on any atom is 0.343 e. The number of amides is 2. The molecule has 5 heteroatoms. The van der Waals surface area contributed by atoms with Gasteiger partial charge in [0, 0.05) is 12.0 Å². The molecular formula is C19H20N2O3. The zero-order chi connectivity index (χ0) is 17.1. The molecule has 1 aliphatic heterocycles. The number of rotatable bonds is 4. The maximum absolute atomic E-state index is 12.6. The predicted molar refractivity (Wildman–Crippen MR) is 94.1 cm³/mol. The molecule has 0 radical (unpaired) electrons. The molecule has 0 spiro atoms. The summed E-state index contributed by atoms with van der Waals surface area (Å²) in [5.74, 6) is 0.581. The smallest absolute Gasteiger partial charge is 0.343 e. The molecule has 2 amide bonds. The summed E-state index contributed by atoms with van der Waals surface area (Å²) in [4.78, 5) is 24.7. The van der Waals surface area contributed by atoms with Gasteiger partial charge in [0.05, 0.1) is 17.3 Å². The highest BCUT2D eigenvalue weighted by Crippen LogP contribution is 2.34. The number of hydrogen-bond donors (Lipinski definition) is 2. The number of carbonyl (C=O) groups is 1. The van der Waals surface area contributed by atoms with E-state index >= 15 is 0 Å². The molecule has 0 aliphatic carbocycles. The van der Waals surface area contributed by atoms with Gasteiger partial charge in [-0.25, -0.2) is 9.59 Å². The van der Waals surface area contributed by atoms with Gasteiger partial charge >= 0.3 is 11.7 Å². The first kappa shape index (κ1) is 16.1. The molecule has 3 rings (SSSR count). The number of allylic oxidation sites excluding steroid dienone is 1. The number of fused-ring (bicyclic) bond motifs is 1. The van der Waals surface area contributed by atoms with Gasteiger partial charge in [-0.05, 0) is 12.0 Å². The molecule has 2 aromatic rings. The molecule has 1 aliphatic rings. The maximum atomic E-state index is 12.6. The fourth-order valence-electron chi connectivity index (χ4n) is 2.93. The third-order valence-corrected chi connectivity index (χ3v) is 4.05. The van der Waals surface area contributed by atoms with Crippen LogP contribution in [-0.2, 0) is 6.42 Å². The summed E-state index contributed by atoms with van der Waals surface area (Å²) in [6, 6.07) is 8.57. The van der Waals surface area contributed by atoms with Crippen LogP contribution in [-0.4, -0.2) is 6.03 Å². The van der Waals surface area contributed by atoms with E-state index in [1.165, 1.54) is 0 Å². The molecule has 5 nitrogen and oxygen atoms in total. The molecule has 1 unspecified atom stereocenters. The fraction of sp³-hybridized carbons (Fsp3) is 0.263. The van der Waals surface area contributed by atoms with Crippen molar-refractivity contribution >= 4 is 17.8 Å². The quantitative estimate of drug-likeness (QED) is 0.897. The summed E-state index contributed by atoms with van der Waals surface area (Å²) in [5.41, 5.74) is 2.18. The van der Waals surface area contributed by atoms with E-state index in [9.17, 15) is 9.59 Å². The number of hydrogen-bond acceptors (Lipinski definition) is 3. The first-order chi connectivity index (χ1) is 11.7. The summed E-state index contributed by atoms with van der Waals surface area (Å²) >= 11 is 0. The van der Waals surface area contributed by atoms with Gasteiger partial charge in [-0.2, -0.15) is 0 Å². The topological polar surface area (TPSA) is 71.3 Å². The van der Waals surface area contributed by atoms with Crippen molar-refractivity contribution in [2.45, 2.75) is 32.7 Å². The average Bonchev–Trinajstić information content (AvgIpc) is 2.60. The van der Waals surface area contributed by atoms with Crippen molar-refractivity contribution in [1.82, 2.24) is 5.32 Å². The lowest BCUT2D eigenvalue weighted by molar-refractivity contribution is 0.248. The van der Waals surface area contributed by atoms with Crippen molar-refractivity contribution in [2.75, 3.05) is 5.32 Å². The van der Waals surface area contributed by atoms with E-state index in [-0.39, 0.29) is 6.03 Å². The highest BCUT2D eigenvalue weighted by atomic mass is 16.4. The van der Waals surface area contributed by atoms with Crippen LogP contribution in [0.25, 0.3) is 6.08 Å². The Morgan fingerprint density at radius 3 is 2.58 bits per heavy atom. The largest absolute Gasteiger partial charge is 0.427 e. The monoisotopic (exact) mass is 324 g/mol. The molecule has 1 aromatic carbocycles. The second kappa shape index (κ2) is 6.74. The Balaban J connectivity index is 2.25. The summed E-state index contributed by atoms with van der Waals surface area (Å²) < 4.78 is 5.54. The molecule has 124 valence electrons. The van der Waals surface area contributed by atoms with E-state index < -0.39 is 11.7 Å². The second-order valence-electron chi connectivity index (χ2n) is 5.62. The van der Waals surface area contributed by atoms with Crippen LogP contribution in [0.15, 0.2) is 45.6 Å². The molecule has 0 saturated heterocycles. The number of benzene rings is 1. The van der Waals surface area contributed by atoms with Crippen molar-refractivity contribution in [2.24, 2.45) is 0 Å². The minimum atomic E-state index is -0.522. The van der Waals surface area contributed by atoms with E-state index in [4.69, 9.17) is 4.42 Å². The number of urea groups is 1. The highest BCUT2D eigenvalue weighted by Gasteiger charge is 2.32. The van der Waals surface area contributed by atoms with Crippen LogP contribution >= 0.6 is 0 Å². The van der Waals surface area contributed by atoms with Gasteiger partial charge in [-0.3, -0.25) is 0 Å². The van der Waals surface area contributed by atoms with E-state index in [1.54, 1.807) is 0 Å². The normalized spacial score (nSPS) is 16.6. The zero-order valence-electron chi connectivity index (χ0n) is 13.8. The van der Waals surface area contributed by atoms with Gasteiger partial charge in [0.1, 0.15) is 5.76 Å². The fourth-order valence-corrected chi connectivity index (χ4v) is 2.93. The molecule has 1 atom stereocenters. The Labute approximate surface area is 140 Å². The lowest BCUT2D eigenvalue weighted by atomic mass is 9.94. The number of nitrogens with one attached hydrogen (secondary N) is 2. The Bertz CT molecular complexity index is 838. The molecular weight excluding hydrogens is 304 g/mol. The van der Waals surface area contributed by atoms with Crippen LogP contribution < -0.4 is 16.3 Å².